The van der Waals surface area contributed by atoms with Crippen molar-refractivity contribution in [1.29, 1.82) is 0 Å². The van der Waals surface area contributed by atoms with Gasteiger partial charge in [0.2, 0.25) is 0 Å². The van der Waals surface area contributed by atoms with Gasteiger partial charge in [-0.2, -0.15) is 0 Å². The smallest absolute Gasteiger partial charge is 0.339 e. The van der Waals surface area contributed by atoms with Crippen LogP contribution in [0.15, 0.2) is 40.9 Å². The van der Waals surface area contributed by atoms with Crippen LogP contribution in [0.25, 0.3) is 10.9 Å². The summed E-state index contributed by atoms with van der Waals surface area (Å²) in [5.74, 6) is 0.237. The first kappa shape index (κ1) is 17.2. The van der Waals surface area contributed by atoms with E-state index in [9.17, 15) is 9.59 Å². The van der Waals surface area contributed by atoms with E-state index in [0.29, 0.717) is 22.6 Å². The number of carbonyl (C=O) groups is 2. The zero-order valence-corrected chi connectivity index (χ0v) is 15.1. The van der Waals surface area contributed by atoms with Gasteiger partial charge in [0, 0.05) is 23.1 Å². The lowest BCUT2D eigenvalue weighted by Crippen LogP contribution is -2.30. The first-order valence-corrected chi connectivity index (χ1v) is 8.86. The topological polar surface area (TPSA) is 94.3 Å². The summed E-state index contributed by atoms with van der Waals surface area (Å²) in [4.78, 5) is 29.7. The van der Waals surface area contributed by atoms with Gasteiger partial charge in [-0.05, 0) is 38.8 Å². The van der Waals surface area contributed by atoms with Crippen LogP contribution in [-0.4, -0.2) is 28.1 Å². The number of anilines is 1. The molecule has 1 amide bonds. The summed E-state index contributed by atoms with van der Waals surface area (Å²) < 4.78 is 10.3. The van der Waals surface area contributed by atoms with Gasteiger partial charge in [-0.25, -0.2) is 4.79 Å². The molecule has 0 saturated heterocycles. The first-order valence-electron chi connectivity index (χ1n) is 8.86. The van der Waals surface area contributed by atoms with Gasteiger partial charge in [0.25, 0.3) is 5.91 Å². The van der Waals surface area contributed by atoms with Crippen molar-refractivity contribution in [3.8, 4) is 0 Å². The van der Waals surface area contributed by atoms with Crippen LogP contribution < -0.4 is 5.32 Å². The quantitative estimate of drug-likeness (QED) is 0.694. The maximum atomic E-state index is 12.8. The fraction of sp³-hybridized carbons (Fsp3) is 0.300. The van der Waals surface area contributed by atoms with Crippen LogP contribution in [0.1, 0.15) is 47.5 Å². The summed E-state index contributed by atoms with van der Waals surface area (Å²) >= 11 is 0. The Kier molecular flexibility index (Phi) is 4.35. The van der Waals surface area contributed by atoms with Crippen LogP contribution in [0.4, 0.5) is 5.82 Å². The number of hydrogen-bond donors (Lipinski definition) is 1. The third-order valence-electron chi connectivity index (χ3n) is 4.48. The van der Waals surface area contributed by atoms with Crippen LogP contribution in [0.2, 0.25) is 0 Å². The van der Waals surface area contributed by atoms with Crippen LogP contribution in [-0.2, 0) is 9.53 Å². The van der Waals surface area contributed by atoms with E-state index in [-0.39, 0.29) is 5.82 Å². The molecule has 0 radical (unpaired) electrons. The highest BCUT2D eigenvalue weighted by molar-refractivity contribution is 6.05. The largest absolute Gasteiger partial charge is 0.449 e. The lowest BCUT2D eigenvalue weighted by atomic mass is 10.1. The standard InChI is InChI=1S/C20H19N3O4/c1-11-9-18(23-27-11)22-19(24)12(2)26-20(25)15-10-17(13-7-8-13)21-16-6-4-3-5-14(15)16/h3-6,9-10,12-13H,7-8H2,1-2H3,(H,22,23,24). The average Bonchev–Trinajstić information content (AvgIpc) is 3.43. The van der Waals surface area contributed by atoms with E-state index in [1.54, 1.807) is 19.1 Å². The Balaban J connectivity index is 1.54. The number of pyridine rings is 1. The number of hydrogen-bond acceptors (Lipinski definition) is 6. The van der Waals surface area contributed by atoms with E-state index in [4.69, 9.17) is 9.26 Å². The number of nitrogens with one attached hydrogen (secondary N) is 1. The molecule has 1 saturated carbocycles. The summed E-state index contributed by atoms with van der Waals surface area (Å²) in [5.41, 5.74) is 2.08. The van der Waals surface area contributed by atoms with Crippen LogP contribution >= 0.6 is 0 Å². The van der Waals surface area contributed by atoms with Crippen molar-refractivity contribution in [1.82, 2.24) is 10.1 Å². The van der Waals surface area contributed by atoms with Crippen molar-refractivity contribution in [2.75, 3.05) is 5.32 Å². The Morgan fingerprint density at radius 1 is 1.26 bits per heavy atom. The van der Waals surface area contributed by atoms with Crippen molar-refractivity contribution >= 4 is 28.6 Å². The highest BCUT2D eigenvalue weighted by atomic mass is 16.5. The van der Waals surface area contributed by atoms with Gasteiger partial charge < -0.3 is 14.6 Å². The molecular weight excluding hydrogens is 346 g/mol. The maximum Gasteiger partial charge on any atom is 0.339 e. The number of ether oxygens (including phenoxy) is 1. The maximum absolute atomic E-state index is 12.8. The minimum Gasteiger partial charge on any atom is -0.449 e. The summed E-state index contributed by atoms with van der Waals surface area (Å²) in [6, 6.07) is 10.8. The Morgan fingerprint density at radius 2 is 2.04 bits per heavy atom. The zero-order chi connectivity index (χ0) is 19.0. The van der Waals surface area contributed by atoms with Crippen LogP contribution in [0, 0.1) is 6.92 Å². The molecule has 2 aromatic heterocycles. The Bertz CT molecular complexity index is 1020. The second-order valence-electron chi connectivity index (χ2n) is 6.75. The summed E-state index contributed by atoms with van der Waals surface area (Å²) in [6.07, 6.45) is 1.18. The lowest BCUT2D eigenvalue weighted by Gasteiger charge is -2.14. The molecule has 1 aliphatic rings. The van der Waals surface area contributed by atoms with Gasteiger partial charge in [-0.3, -0.25) is 9.78 Å². The van der Waals surface area contributed by atoms with E-state index in [1.807, 2.05) is 24.3 Å². The number of benzene rings is 1. The summed E-state index contributed by atoms with van der Waals surface area (Å²) in [5, 5.41) is 6.98. The number of esters is 1. The van der Waals surface area contributed by atoms with E-state index >= 15 is 0 Å². The minimum atomic E-state index is -0.981. The molecule has 0 bridgehead atoms. The molecule has 1 aromatic carbocycles. The third-order valence-corrected chi connectivity index (χ3v) is 4.48. The van der Waals surface area contributed by atoms with E-state index in [0.717, 1.165) is 24.1 Å². The van der Waals surface area contributed by atoms with Gasteiger partial charge in [0.05, 0.1) is 11.1 Å². The molecule has 1 N–H and O–H groups in total. The molecule has 1 atom stereocenters. The van der Waals surface area contributed by atoms with Gasteiger partial charge in [0.1, 0.15) is 5.76 Å². The van der Waals surface area contributed by atoms with Gasteiger partial charge in [0.15, 0.2) is 11.9 Å². The molecule has 27 heavy (non-hydrogen) atoms. The number of fused-ring (bicyclic) bond motifs is 1. The lowest BCUT2D eigenvalue weighted by molar-refractivity contribution is -0.123. The Hall–Kier alpha value is -3.22. The normalized spacial score (nSPS) is 14.7. The van der Waals surface area contributed by atoms with Crippen molar-refractivity contribution in [3.63, 3.8) is 0 Å². The fourth-order valence-electron chi connectivity index (χ4n) is 2.88. The second kappa shape index (κ2) is 6.83. The number of rotatable bonds is 5. The molecule has 1 aliphatic carbocycles. The summed E-state index contributed by atoms with van der Waals surface area (Å²) in [7, 11) is 0. The Morgan fingerprint density at radius 3 is 2.74 bits per heavy atom. The number of para-hydroxylation sites is 1. The molecule has 1 unspecified atom stereocenters. The molecular formula is C20H19N3O4. The van der Waals surface area contributed by atoms with Crippen LogP contribution in [0.3, 0.4) is 0 Å². The third kappa shape index (κ3) is 3.67. The number of aromatic nitrogens is 2. The first-order chi connectivity index (χ1) is 13.0. The Labute approximate surface area is 155 Å². The van der Waals surface area contributed by atoms with Crippen molar-refractivity contribution in [2.24, 2.45) is 0 Å². The highest BCUT2D eigenvalue weighted by Crippen LogP contribution is 2.40. The number of amides is 1. The predicted octanol–water partition coefficient (Wildman–Crippen LogP) is 3.59. The molecule has 7 nitrogen and oxygen atoms in total. The van der Waals surface area contributed by atoms with Gasteiger partial charge in [-0.1, -0.05) is 23.4 Å². The van der Waals surface area contributed by atoms with Crippen molar-refractivity contribution in [2.45, 2.75) is 38.7 Å². The summed E-state index contributed by atoms with van der Waals surface area (Å²) in [6.45, 7) is 3.24. The van der Waals surface area contributed by atoms with Gasteiger partial charge >= 0.3 is 5.97 Å². The molecule has 138 valence electrons. The monoisotopic (exact) mass is 365 g/mol. The number of nitrogens with zero attached hydrogens (tertiary/aromatic N) is 2. The molecule has 2 heterocycles. The highest BCUT2D eigenvalue weighted by Gasteiger charge is 2.28. The predicted molar refractivity (Wildman–Crippen MR) is 98.5 cm³/mol. The zero-order valence-electron chi connectivity index (χ0n) is 15.1. The van der Waals surface area contributed by atoms with Crippen molar-refractivity contribution < 1.29 is 18.8 Å². The average molecular weight is 365 g/mol. The van der Waals surface area contributed by atoms with E-state index < -0.39 is 18.0 Å². The molecule has 0 spiro atoms. The SMILES string of the molecule is Cc1cc(NC(=O)C(C)OC(=O)c2cc(C3CC3)nc3ccccc23)no1. The molecule has 4 rings (SSSR count). The van der Waals surface area contributed by atoms with E-state index in [2.05, 4.69) is 15.5 Å². The van der Waals surface area contributed by atoms with Crippen LogP contribution in [0.5, 0.6) is 0 Å². The minimum absolute atomic E-state index is 0.283. The van der Waals surface area contributed by atoms with Gasteiger partial charge in [-0.15, -0.1) is 0 Å². The van der Waals surface area contributed by atoms with Crippen molar-refractivity contribution in [3.05, 3.63) is 53.4 Å². The molecule has 7 heteroatoms. The molecule has 0 aliphatic heterocycles. The van der Waals surface area contributed by atoms with E-state index in [1.165, 1.54) is 6.92 Å². The molecule has 3 aromatic rings. The molecule has 1 fully saturated rings. The number of carbonyl (C=O) groups excluding carboxylic acids is 2. The fourth-order valence-corrected chi connectivity index (χ4v) is 2.88. The number of aryl methyl sites for hydroxylation is 1. The second-order valence-corrected chi connectivity index (χ2v) is 6.75.